The Labute approximate surface area is 150 Å². The summed E-state index contributed by atoms with van der Waals surface area (Å²) in [6.07, 6.45) is 1.53. The second kappa shape index (κ2) is 7.92. The van der Waals surface area contributed by atoms with Crippen molar-refractivity contribution in [3.8, 4) is 0 Å². The third kappa shape index (κ3) is 4.43. The van der Waals surface area contributed by atoms with Crippen LogP contribution < -0.4 is 5.32 Å². The van der Waals surface area contributed by atoms with Gasteiger partial charge >= 0.3 is 0 Å². The van der Waals surface area contributed by atoms with Gasteiger partial charge in [0, 0.05) is 35.9 Å². The maximum atomic E-state index is 13.8. The van der Waals surface area contributed by atoms with Crippen molar-refractivity contribution in [2.75, 3.05) is 18.9 Å². The predicted molar refractivity (Wildman–Crippen MR) is 97.9 cm³/mol. The van der Waals surface area contributed by atoms with E-state index in [4.69, 9.17) is 0 Å². The molecule has 0 bridgehead atoms. The molecule has 0 aliphatic carbocycles. The van der Waals surface area contributed by atoms with Gasteiger partial charge in [-0.25, -0.2) is 12.8 Å². The monoisotopic (exact) mass is 412 g/mol. The number of nitrogens with zero attached hydrogens (tertiary/aromatic N) is 1. The molecule has 0 saturated heterocycles. The molecule has 0 fully saturated rings. The van der Waals surface area contributed by atoms with Gasteiger partial charge in [0.2, 0.25) is 10.0 Å². The summed E-state index contributed by atoms with van der Waals surface area (Å²) in [5.74, 6) is -0.304. The number of nitrogens with one attached hydrogen (secondary N) is 1. The van der Waals surface area contributed by atoms with Gasteiger partial charge in [0.25, 0.3) is 0 Å². The third-order valence-corrected chi connectivity index (χ3v) is 5.78. The van der Waals surface area contributed by atoms with E-state index in [1.54, 1.807) is 24.3 Å². The average Bonchev–Trinajstić information content (AvgIpc) is 2.54. The van der Waals surface area contributed by atoms with Crippen LogP contribution in [0.5, 0.6) is 0 Å². The van der Waals surface area contributed by atoms with Crippen LogP contribution in [-0.4, -0.2) is 26.3 Å². The molecule has 0 heterocycles. The van der Waals surface area contributed by atoms with Gasteiger partial charge in [-0.2, -0.15) is 4.31 Å². The Kier molecular flexibility index (Phi) is 6.15. The molecule has 1 N–H and O–H groups in total. The maximum absolute atomic E-state index is 13.8. The lowest BCUT2D eigenvalue weighted by Crippen LogP contribution is -2.26. The predicted octanol–water partition coefficient (Wildman–Crippen LogP) is 4.01. The Morgan fingerprint density at radius 3 is 2.50 bits per heavy atom. The van der Waals surface area contributed by atoms with Gasteiger partial charge < -0.3 is 5.32 Å². The standard InChI is InChI=1S/C17H18BrFN2O2S/c1-3-10-21(2)24(22,23)16-8-6-15(7-9-16)20-12-13-4-5-14(18)11-17(13)19/h3-9,11,20H,1,10,12H2,2H3. The van der Waals surface area contributed by atoms with Crippen LogP contribution in [0.3, 0.4) is 0 Å². The second-order valence-electron chi connectivity index (χ2n) is 5.19. The van der Waals surface area contributed by atoms with E-state index in [9.17, 15) is 12.8 Å². The first-order valence-electron chi connectivity index (χ1n) is 7.19. The number of anilines is 1. The first-order chi connectivity index (χ1) is 11.3. The number of hydrogen-bond acceptors (Lipinski definition) is 3. The van der Waals surface area contributed by atoms with Crippen LogP contribution in [0, 0.1) is 5.82 Å². The quantitative estimate of drug-likeness (QED) is 0.698. The van der Waals surface area contributed by atoms with Crippen molar-refractivity contribution in [3.63, 3.8) is 0 Å². The molecule has 0 saturated carbocycles. The minimum Gasteiger partial charge on any atom is -0.381 e. The van der Waals surface area contributed by atoms with Gasteiger partial charge in [0.1, 0.15) is 5.82 Å². The highest BCUT2D eigenvalue weighted by Gasteiger charge is 2.19. The third-order valence-electron chi connectivity index (χ3n) is 3.45. The van der Waals surface area contributed by atoms with Crippen LogP contribution in [0.1, 0.15) is 5.56 Å². The van der Waals surface area contributed by atoms with E-state index in [1.165, 1.54) is 35.6 Å². The zero-order valence-electron chi connectivity index (χ0n) is 13.2. The van der Waals surface area contributed by atoms with Crippen LogP contribution in [0.15, 0.2) is 64.5 Å². The fourth-order valence-electron chi connectivity index (χ4n) is 2.07. The number of benzene rings is 2. The molecule has 0 atom stereocenters. The summed E-state index contributed by atoms with van der Waals surface area (Å²) in [7, 11) is -2.03. The molecule has 4 nitrogen and oxygen atoms in total. The van der Waals surface area contributed by atoms with Crippen LogP contribution in [0.4, 0.5) is 10.1 Å². The van der Waals surface area contributed by atoms with Crippen LogP contribution in [0.2, 0.25) is 0 Å². The Hall–Kier alpha value is -1.70. The molecule has 2 aromatic rings. The molecule has 0 aliphatic rings. The summed E-state index contributed by atoms with van der Waals surface area (Å²) in [5, 5.41) is 3.07. The van der Waals surface area contributed by atoms with Gasteiger partial charge in [0.05, 0.1) is 4.90 Å². The van der Waals surface area contributed by atoms with Gasteiger partial charge in [-0.3, -0.25) is 0 Å². The van der Waals surface area contributed by atoms with Crippen molar-refractivity contribution in [2.45, 2.75) is 11.4 Å². The molecule has 0 amide bonds. The van der Waals surface area contributed by atoms with Crippen LogP contribution >= 0.6 is 15.9 Å². The minimum atomic E-state index is -3.53. The smallest absolute Gasteiger partial charge is 0.243 e. The normalized spacial score (nSPS) is 11.5. The highest BCUT2D eigenvalue weighted by Crippen LogP contribution is 2.19. The van der Waals surface area contributed by atoms with Gasteiger partial charge in [-0.05, 0) is 36.4 Å². The largest absolute Gasteiger partial charge is 0.381 e. The van der Waals surface area contributed by atoms with Gasteiger partial charge in [-0.1, -0.05) is 28.1 Å². The van der Waals surface area contributed by atoms with E-state index in [1.807, 2.05) is 0 Å². The molecule has 7 heteroatoms. The second-order valence-corrected chi connectivity index (χ2v) is 8.15. The maximum Gasteiger partial charge on any atom is 0.243 e. The molecule has 128 valence electrons. The van der Waals surface area contributed by atoms with Crippen molar-refractivity contribution in [1.82, 2.24) is 4.31 Å². The summed E-state index contributed by atoms with van der Waals surface area (Å²) in [6.45, 7) is 4.09. The number of rotatable bonds is 7. The van der Waals surface area contributed by atoms with Crippen molar-refractivity contribution in [3.05, 3.63) is 71.0 Å². The van der Waals surface area contributed by atoms with E-state index < -0.39 is 10.0 Å². The SMILES string of the molecule is C=CCN(C)S(=O)(=O)c1ccc(NCc2ccc(Br)cc2F)cc1. The lowest BCUT2D eigenvalue weighted by molar-refractivity contribution is 0.499. The zero-order valence-corrected chi connectivity index (χ0v) is 15.6. The summed E-state index contributed by atoms with van der Waals surface area (Å²) in [5.41, 5.74) is 1.24. The molecular formula is C17H18BrFN2O2S. The van der Waals surface area contributed by atoms with E-state index >= 15 is 0 Å². The topological polar surface area (TPSA) is 49.4 Å². The van der Waals surface area contributed by atoms with E-state index in [0.717, 1.165) is 0 Å². The van der Waals surface area contributed by atoms with Gasteiger partial charge in [-0.15, -0.1) is 6.58 Å². The number of halogens is 2. The molecule has 2 rings (SSSR count). The Bertz CT molecular complexity index is 823. The fourth-order valence-corrected chi connectivity index (χ4v) is 3.54. The molecular weight excluding hydrogens is 395 g/mol. The highest BCUT2D eigenvalue weighted by atomic mass is 79.9. The summed E-state index contributed by atoms with van der Waals surface area (Å²) >= 11 is 3.21. The molecule has 0 aliphatic heterocycles. The summed E-state index contributed by atoms with van der Waals surface area (Å²) < 4.78 is 40.3. The first kappa shape index (κ1) is 18.6. The molecule has 0 aromatic heterocycles. The van der Waals surface area contributed by atoms with Crippen molar-refractivity contribution < 1.29 is 12.8 Å². The Morgan fingerprint density at radius 2 is 1.92 bits per heavy atom. The van der Waals surface area contributed by atoms with Crippen molar-refractivity contribution >= 4 is 31.6 Å². The van der Waals surface area contributed by atoms with Crippen molar-refractivity contribution in [1.29, 1.82) is 0 Å². The average molecular weight is 413 g/mol. The summed E-state index contributed by atoms with van der Waals surface area (Å²) in [6, 6.07) is 11.2. The molecule has 0 spiro atoms. The Balaban J connectivity index is 2.08. The molecule has 24 heavy (non-hydrogen) atoms. The zero-order chi connectivity index (χ0) is 17.7. The fraction of sp³-hybridized carbons (Fsp3) is 0.176. The number of sulfonamides is 1. The number of hydrogen-bond donors (Lipinski definition) is 1. The van der Waals surface area contributed by atoms with Gasteiger partial charge in [0.15, 0.2) is 0 Å². The van der Waals surface area contributed by atoms with Crippen LogP contribution in [0.25, 0.3) is 0 Å². The van der Waals surface area contributed by atoms with E-state index in [0.29, 0.717) is 22.3 Å². The lowest BCUT2D eigenvalue weighted by atomic mass is 10.2. The molecule has 0 radical (unpaired) electrons. The van der Waals surface area contributed by atoms with Crippen LogP contribution in [-0.2, 0) is 16.6 Å². The summed E-state index contributed by atoms with van der Waals surface area (Å²) in [4.78, 5) is 0.201. The lowest BCUT2D eigenvalue weighted by Gasteiger charge is -2.15. The molecule has 0 unspecified atom stereocenters. The molecule has 2 aromatic carbocycles. The Morgan fingerprint density at radius 1 is 1.25 bits per heavy atom. The van der Waals surface area contributed by atoms with E-state index in [-0.39, 0.29) is 17.3 Å². The number of likely N-dealkylation sites (N-methyl/N-ethyl adjacent to an activating group) is 1. The van der Waals surface area contributed by atoms with E-state index in [2.05, 4.69) is 27.8 Å². The minimum absolute atomic E-state index is 0.201. The highest BCUT2D eigenvalue weighted by molar-refractivity contribution is 9.10. The van der Waals surface area contributed by atoms with Crippen molar-refractivity contribution in [2.24, 2.45) is 0 Å². The first-order valence-corrected chi connectivity index (χ1v) is 9.43.